The molecule has 0 saturated carbocycles. The van der Waals surface area contributed by atoms with Crippen molar-refractivity contribution >= 4 is 5.91 Å². The number of aryl methyl sites for hydroxylation is 1. The molecular formula is C20H27N3O2. The minimum Gasteiger partial charge on any atom is -0.493 e. The number of ether oxygens (including phenoxy) is 1. The normalized spacial score (nSPS) is 17.5. The molecule has 0 unspecified atom stereocenters. The van der Waals surface area contributed by atoms with Crippen LogP contribution in [0.1, 0.15) is 55.2 Å². The van der Waals surface area contributed by atoms with Gasteiger partial charge >= 0.3 is 0 Å². The van der Waals surface area contributed by atoms with Gasteiger partial charge in [-0.3, -0.25) is 4.79 Å². The van der Waals surface area contributed by atoms with Gasteiger partial charge in [-0.25, -0.2) is 4.98 Å². The lowest BCUT2D eigenvalue weighted by molar-refractivity contribution is 0.0699. The summed E-state index contributed by atoms with van der Waals surface area (Å²) < 4.78 is 7.95. The molecule has 0 radical (unpaired) electrons. The number of hydrogen-bond donors (Lipinski definition) is 0. The highest BCUT2D eigenvalue weighted by Crippen LogP contribution is 2.28. The molecule has 2 aromatic rings. The number of carbonyl (C=O) groups excluding carboxylic acids is 1. The molecule has 134 valence electrons. The Hall–Kier alpha value is -2.30. The Morgan fingerprint density at radius 2 is 2.16 bits per heavy atom. The van der Waals surface area contributed by atoms with Crippen LogP contribution in [-0.4, -0.2) is 40.1 Å². The van der Waals surface area contributed by atoms with Crippen LogP contribution in [0.4, 0.5) is 0 Å². The number of nitrogens with zero attached hydrogens (tertiary/aromatic N) is 3. The number of rotatable bonds is 6. The maximum atomic E-state index is 13.1. The average molecular weight is 341 g/mol. The van der Waals surface area contributed by atoms with E-state index < -0.39 is 0 Å². The molecule has 3 rings (SSSR count). The SMILES string of the molecule is CCCOc1ccccc1C(=O)N1CCC[C@@H](c2nccn2CC)C1. The van der Waals surface area contributed by atoms with Crippen molar-refractivity contribution < 1.29 is 9.53 Å². The molecule has 0 bridgehead atoms. The number of likely N-dealkylation sites (tertiary alicyclic amines) is 1. The van der Waals surface area contributed by atoms with Crippen molar-refractivity contribution in [3.63, 3.8) is 0 Å². The average Bonchev–Trinajstić information content (AvgIpc) is 3.15. The summed E-state index contributed by atoms with van der Waals surface area (Å²) >= 11 is 0. The number of aromatic nitrogens is 2. The van der Waals surface area contributed by atoms with Crippen molar-refractivity contribution in [1.29, 1.82) is 0 Å². The fourth-order valence-corrected chi connectivity index (χ4v) is 3.47. The number of benzene rings is 1. The van der Waals surface area contributed by atoms with Gasteiger partial charge in [-0.05, 0) is 38.3 Å². The molecule has 5 heteroatoms. The first-order valence-corrected chi connectivity index (χ1v) is 9.26. The number of amides is 1. The molecule has 1 fully saturated rings. The van der Waals surface area contributed by atoms with E-state index in [4.69, 9.17) is 4.74 Å². The van der Waals surface area contributed by atoms with E-state index in [0.29, 0.717) is 23.8 Å². The van der Waals surface area contributed by atoms with Crippen LogP contribution in [0, 0.1) is 0 Å². The fraction of sp³-hybridized carbons (Fsp3) is 0.500. The Bertz CT molecular complexity index is 710. The van der Waals surface area contributed by atoms with Gasteiger partial charge in [0.1, 0.15) is 11.6 Å². The van der Waals surface area contributed by atoms with Gasteiger partial charge in [0.05, 0.1) is 12.2 Å². The molecule has 1 atom stereocenters. The summed E-state index contributed by atoms with van der Waals surface area (Å²) in [6.07, 6.45) is 6.88. The molecule has 1 aliphatic heterocycles. The van der Waals surface area contributed by atoms with Crippen LogP contribution in [0.2, 0.25) is 0 Å². The van der Waals surface area contributed by atoms with Crippen LogP contribution in [-0.2, 0) is 6.54 Å². The first-order chi connectivity index (χ1) is 12.2. The van der Waals surface area contributed by atoms with Gasteiger partial charge in [-0.2, -0.15) is 0 Å². The molecule has 0 N–H and O–H groups in total. The van der Waals surface area contributed by atoms with Crippen LogP contribution in [0.25, 0.3) is 0 Å². The third-order valence-corrected chi connectivity index (χ3v) is 4.74. The van der Waals surface area contributed by atoms with E-state index in [1.807, 2.05) is 41.6 Å². The van der Waals surface area contributed by atoms with Crippen LogP contribution in [0.3, 0.4) is 0 Å². The van der Waals surface area contributed by atoms with Crippen LogP contribution < -0.4 is 4.74 Å². The largest absolute Gasteiger partial charge is 0.493 e. The Labute approximate surface area is 149 Å². The van der Waals surface area contributed by atoms with Crippen molar-refractivity contribution in [2.45, 2.75) is 45.6 Å². The van der Waals surface area contributed by atoms with Crippen molar-refractivity contribution in [3.05, 3.63) is 48.0 Å². The lowest BCUT2D eigenvalue weighted by Gasteiger charge is -2.33. The van der Waals surface area contributed by atoms with E-state index >= 15 is 0 Å². The Balaban J connectivity index is 1.76. The summed E-state index contributed by atoms with van der Waals surface area (Å²) in [5, 5.41) is 0. The molecule has 1 aliphatic rings. The van der Waals surface area contributed by atoms with Gasteiger partial charge in [-0.15, -0.1) is 0 Å². The monoisotopic (exact) mass is 341 g/mol. The number of piperidine rings is 1. The van der Waals surface area contributed by atoms with E-state index in [9.17, 15) is 4.79 Å². The first kappa shape index (κ1) is 17.5. The highest BCUT2D eigenvalue weighted by atomic mass is 16.5. The van der Waals surface area contributed by atoms with E-state index in [1.54, 1.807) is 0 Å². The van der Waals surface area contributed by atoms with Gasteiger partial charge in [0.2, 0.25) is 0 Å². The van der Waals surface area contributed by atoms with E-state index in [0.717, 1.165) is 44.7 Å². The molecular weight excluding hydrogens is 314 g/mol. The Kier molecular flexibility index (Phi) is 5.74. The number of para-hydroxylation sites is 1. The van der Waals surface area contributed by atoms with Crippen molar-refractivity contribution in [2.24, 2.45) is 0 Å². The maximum absolute atomic E-state index is 13.1. The summed E-state index contributed by atoms with van der Waals surface area (Å²) in [4.78, 5) is 19.6. The van der Waals surface area contributed by atoms with Gasteiger partial charge in [-0.1, -0.05) is 19.1 Å². The maximum Gasteiger partial charge on any atom is 0.257 e. The molecule has 0 spiro atoms. The Morgan fingerprint density at radius 1 is 1.32 bits per heavy atom. The third kappa shape index (κ3) is 3.86. The van der Waals surface area contributed by atoms with Gasteiger partial charge in [0.25, 0.3) is 5.91 Å². The van der Waals surface area contributed by atoms with Crippen molar-refractivity contribution in [3.8, 4) is 5.75 Å². The lowest BCUT2D eigenvalue weighted by atomic mass is 9.96. The first-order valence-electron chi connectivity index (χ1n) is 9.26. The third-order valence-electron chi connectivity index (χ3n) is 4.74. The summed E-state index contributed by atoms with van der Waals surface area (Å²) in [6.45, 7) is 7.24. The number of carbonyl (C=O) groups is 1. The molecule has 5 nitrogen and oxygen atoms in total. The Morgan fingerprint density at radius 3 is 2.96 bits per heavy atom. The molecule has 25 heavy (non-hydrogen) atoms. The quantitative estimate of drug-likeness (QED) is 0.805. The van der Waals surface area contributed by atoms with E-state index in [-0.39, 0.29) is 5.91 Å². The second kappa shape index (κ2) is 8.19. The predicted octanol–water partition coefficient (Wildman–Crippen LogP) is 3.71. The zero-order valence-corrected chi connectivity index (χ0v) is 15.1. The standard InChI is InChI=1S/C20H27N3O2/c1-3-14-25-18-10-6-5-9-17(18)20(24)23-12-7-8-16(15-23)19-21-11-13-22(19)4-2/h5-6,9-11,13,16H,3-4,7-8,12,14-15H2,1-2H3/t16-/m1/s1. The molecule has 2 heterocycles. The highest BCUT2D eigenvalue weighted by Gasteiger charge is 2.29. The minimum absolute atomic E-state index is 0.0611. The molecule has 1 saturated heterocycles. The predicted molar refractivity (Wildman–Crippen MR) is 98.0 cm³/mol. The smallest absolute Gasteiger partial charge is 0.257 e. The van der Waals surface area contributed by atoms with Gasteiger partial charge in [0, 0.05) is 37.9 Å². The number of hydrogen-bond acceptors (Lipinski definition) is 3. The second-order valence-corrected chi connectivity index (χ2v) is 6.51. The zero-order chi connectivity index (χ0) is 17.6. The number of imidazole rings is 1. The molecule has 0 aliphatic carbocycles. The van der Waals surface area contributed by atoms with Crippen LogP contribution >= 0.6 is 0 Å². The van der Waals surface area contributed by atoms with Gasteiger partial charge in [0.15, 0.2) is 0 Å². The van der Waals surface area contributed by atoms with E-state index in [2.05, 4.69) is 23.4 Å². The second-order valence-electron chi connectivity index (χ2n) is 6.51. The van der Waals surface area contributed by atoms with Gasteiger partial charge < -0.3 is 14.2 Å². The zero-order valence-electron chi connectivity index (χ0n) is 15.1. The summed E-state index contributed by atoms with van der Waals surface area (Å²) in [5.41, 5.74) is 0.662. The van der Waals surface area contributed by atoms with Crippen molar-refractivity contribution in [2.75, 3.05) is 19.7 Å². The molecule has 1 aromatic carbocycles. The van der Waals surface area contributed by atoms with E-state index in [1.165, 1.54) is 0 Å². The topological polar surface area (TPSA) is 47.4 Å². The van der Waals surface area contributed by atoms with Crippen LogP contribution in [0.15, 0.2) is 36.7 Å². The summed E-state index contributed by atoms with van der Waals surface area (Å²) in [5.74, 6) is 2.14. The summed E-state index contributed by atoms with van der Waals surface area (Å²) in [7, 11) is 0. The fourth-order valence-electron chi connectivity index (χ4n) is 3.47. The van der Waals surface area contributed by atoms with Crippen LogP contribution in [0.5, 0.6) is 5.75 Å². The van der Waals surface area contributed by atoms with Crippen molar-refractivity contribution in [1.82, 2.24) is 14.5 Å². The minimum atomic E-state index is 0.0611. The summed E-state index contributed by atoms with van der Waals surface area (Å²) in [6, 6.07) is 7.56. The molecule has 1 aromatic heterocycles. The highest BCUT2D eigenvalue weighted by molar-refractivity contribution is 5.97. The lowest BCUT2D eigenvalue weighted by Crippen LogP contribution is -2.40. The molecule has 1 amide bonds.